The van der Waals surface area contributed by atoms with Crippen LogP contribution in [0.15, 0.2) is 0 Å². The molecule has 0 bridgehead atoms. The number of carbonyl (C=O) groups is 3. The van der Waals surface area contributed by atoms with Crippen molar-refractivity contribution in [3.05, 3.63) is 0 Å². The Hall–Kier alpha value is -1.83. The van der Waals surface area contributed by atoms with E-state index in [1.54, 1.807) is 20.9 Å². The molecule has 1 saturated heterocycles. The van der Waals surface area contributed by atoms with Crippen LogP contribution in [0, 0.1) is 0 Å². The normalized spacial score (nSPS) is 21.4. The molecule has 1 aliphatic heterocycles. The maximum atomic E-state index is 12.2. The van der Waals surface area contributed by atoms with Crippen molar-refractivity contribution in [1.29, 1.82) is 0 Å². The SMILES string of the molecule is CC(O)C(NC(=O)N1CCN(C)C(=O)C1(C)C)C(=O)O. The van der Waals surface area contributed by atoms with Crippen molar-refractivity contribution in [2.45, 2.75) is 38.5 Å². The topological polar surface area (TPSA) is 110 Å². The number of carboxylic acids is 1. The van der Waals surface area contributed by atoms with E-state index in [1.807, 2.05) is 0 Å². The van der Waals surface area contributed by atoms with E-state index in [-0.39, 0.29) is 5.91 Å². The molecule has 1 fully saturated rings. The summed E-state index contributed by atoms with van der Waals surface area (Å²) in [6, 6.07) is -2.09. The molecule has 0 saturated carbocycles. The Morgan fingerprint density at radius 3 is 2.35 bits per heavy atom. The fourth-order valence-corrected chi connectivity index (χ4v) is 2.17. The maximum Gasteiger partial charge on any atom is 0.328 e. The van der Waals surface area contributed by atoms with Crippen LogP contribution in [0.3, 0.4) is 0 Å². The molecule has 114 valence electrons. The largest absolute Gasteiger partial charge is 0.480 e. The molecule has 2 atom stereocenters. The van der Waals surface area contributed by atoms with Gasteiger partial charge in [-0.2, -0.15) is 0 Å². The average molecular weight is 287 g/mol. The maximum absolute atomic E-state index is 12.2. The van der Waals surface area contributed by atoms with Gasteiger partial charge in [0.25, 0.3) is 0 Å². The number of aliphatic carboxylic acids is 1. The number of piperazine rings is 1. The summed E-state index contributed by atoms with van der Waals surface area (Å²) in [5.74, 6) is -1.55. The number of hydrogen-bond donors (Lipinski definition) is 3. The van der Waals surface area contributed by atoms with Gasteiger partial charge in [0.15, 0.2) is 6.04 Å². The Morgan fingerprint density at radius 2 is 1.90 bits per heavy atom. The Balaban J connectivity index is 2.86. The quantitative estimate of drug-likeness (QED) is 0.622. The van der Waals surface area contributed by atoms with Gasteiger partial charge >= 0.3 is 12.0 Å². The lowest BCUT2D eigenvalue weighted by atomic mass is 9.98. The third kappa shape index (κ3) is 3.01. The Labute approximate surface area is 117 Å². The molecule has 2 unspecified atom stereocenters. The molecule has 0 aromatic heterocycles. The molecule has 8 nitrogen and oxygen atoms in total. The molecule has 20 heavy (non-hydrogen) atoms. The number of rotatable bonds is 3. The van der Waals surface area contributed by atoms with Crippen molar-refractivity contribution in [1.82, 2.24) is 15.1 Å². The zero-order valence-corrected chi connectivity index (χ0v) is 12.1. The third-order valence-corrected chi connectivity index (χ3v) is 3.48. The van der Waals surface area contributed by atoms with Crippen molar-refractivity contribution >= 4 is 17.9 Å². The van der Waals surface area contributed by atoms with E-state index in [4.69, 9.17) is 5.11 Å². The van der Waals surface area contributed by atoms with Crippen molar-refractivity contribution < 1.29 is 24.6 Å². The zero-order chi connectivity index (χ0) is 15.7. The van der Waals surface area contributed by atoms with E-state index < -0.39 is 29.7 Å². The van der Waals surface area contributed by atoms with E-state index in [9.17, 15) is 19.5 Å². The first-order valence-corrected chi connectivity index (χ1v) is 6.33. The Morgan fingerprint density at radius 1 is 1.35 bits per heavy atom. The molecule has 3 N–H and O–H groups in total. The smallest absolute Gasteiger partial charge is 0.328 e. The predicted octanol–water partition coefficient (Wildman–Crippen LogP) is -0.917. The molecule has 0 spiro atoms. The summed E-state index contributed by atoms with van der Waals surface area (Å²) in [6.07, 6.45) is -1.23. The van der Waals surface area contributed by atoms with Gasteiger partial charge in [-0.1, -0.05) is 0 Å². The van der Waals surface area contributed by atoms with Crippen LogP contribution in [0.5, 0.6) is 0 Å². The molecule has 3 amide bonds. The minimum absolute atomic E-state index is 0.220. The highest BCUT2D eigenvalue weighted by Crippen LogP contribution is 2.21. The molecular formula is C12H21N3O5. The number of carbonyl (C=O) groups excluding carboxylic acids is 2. The van der Waals surface area contributed by atoms with Gasteiger partial charge in [-0.25, -0.2) is 9.59 Å². The minimum atomic E-state index is -1.41. The number of likely N-dealkylation sites (N-methyl/N-ethyl adjacent to an activating group) is 1. The van der Waals surface area contributed by atoms with Crippen LogP contribution in [0.2, 0.25) is 0 Å². The standard InChI is InChI=1S/C12H21N3O5/c1-7(16)8(9(17)18)13-11(20)15-6-5-14(4)10(19)12(15,2)3/h7-8,16H,5-6H2,1-4H3,(H,13,20)(H,17,18). The summed E-state index contributed by atoms with van der Waals surface area (Å²) in [7, 11) is 1.65. The second kappa shape index (κ2) is 5.66. The van der Waals surface area contributed by atoms with E-state index in [0.29, 0.717) is 13.1 Å². The van der Waals surface area contributed by atoms with E-state index >= 15 is 0 Å². The number of nitrogens with zero attached hydrogens (tertiary/aromatic N) is 2. The molecule has 0 aliphatic carbocycles. The number of aliphatic hydroxyl groups is 1. The van der Waals surface area contributed by atoms with E-state index in [2.05, 4.69) is 5.32 Å². The molecule has 1 heterocycles. The molecule has 8 heteroatoms. The van der Waals surface area contributed by atoms with Crippen LogP contribution >= 0.6 is 0 Å². The van der Waals surface area contributed by atoms with Gasteiger partial charge in [0.05, 0.1) is 6.10 Å². The lowest BCUT2D eigenvalue weighted by Gasteiger charge is -2.44. The summed E-state index contributed by atoms with van der Waals surface area (Å²) in [5.41, 5.74) is -1.06. The van der Waals surface area contributed by atoms with Gasteiger partial charge in [0.1, 0.15) is 5.54 Å². The number of urea groups is 1. The van der Waals surface area contributed by atoms with Crippen molar-refractivity contribution in [2.75, 3.05) is 20.1 Å². The predicted molar refractivity (Wildman–Crippen MR) is 70.1 cm³/mol. The van der Waals surface area contributed by atoms with Gasteiger partial charge in [0.2, 0.25) is 5.91 Å². The first-order valence-electron chi connectivity index (χ1n) is 6.33. The number of aliphatic hydroxyl groups excluding tert-OH is 1. The van der Waals surface area contributed by atoms with Crippen molar-refractivity contribution in [3.63, 3.8) is 0 Å². The fourth-order valence-electron chi connectivity index (χ4n) is 2.17. The second-order valence-electron chi connectivity index (χ2n) is 5.44. The highest BCUT2D eigenvalue weighted by molar-refractivity contribution is 5.92. The van der Waals surface area contributed by atoms with Gasteiger partial charge in [-0.3, -0.25) is 4.79 Å². The summed E-state index contributed by atoms with van der Waals surface area (Å²) in [4.78, 5) is 38.0. The minimum Gasteiger partial charge on any atom is -0.480 e. The Bertz CT molecular complexity index is 421. The number of nitrogens with one attached hydrogen (secondary N) is 1. The van der Waals surface area contributed by atoms with Crippen LogP contribution in [0.4, 0.5) is 4.79 Å². The highest BCUT2D eigenvalue weighted by atomic mass is 16.4. The summed E-state index contributed by atoms with van der Waals surface area (Å²) >= 11 is 0. The summed E-state index contributed by atoms with van der Waals surface area (Å²) in [6.45, 7) is 5.15. The number of hydrogen-bond acceptors (Lipinski definition) is 4. The van der Waals surface area contributed by atoms with Crippen molar-refractivity contribution in [3.8, 4) is 0 Å². The first kappa shape index (κ1) is 16.2. The number of amides is 3. The van der Waals surface area contributed by atoms with Gasteiger partial charge in [-0.15, -0.1) is 0 Å². The summed E-state index contributed by atoms with van der Waals surface area (Å²) in [5, 5.41) is 20.6. The molecular weight excluding hydrogens is 266 g/mol. The molecule has 0 aromatic carbocycles. The van der Waals surface area contributed by atoms with Crippen LogP contribution in [0.1, 0.15) is 20.8 Å². The number of carboxylic acid groups (broad SMARTS) is 1. The van der Waals surface area contributed by atoms with E-state index in [0.717, 1.165) is 0 Å². The lowest BCUT2D eigenvalue weighted by Crippen LogP contribution is -2.66. The highest BCUT2D eigenvalue weighted by Gasteiger charge is 2.44. The van der Waals surface area contributed by atoms with Crippen LogP contribution in [-0.4, -0.2) is 75.7 Å². The second-order valence-corrected chi connectivity index (χ2v) is 5.44. The molecule has 1 aliphatic rings. The fraction of sp³-hybridized carbons (Fsp3) is 0.750. The monoisotopic (exact) mass is 287 g/mol. The van der Waals surface area contributed by atoms with Gasteiger partial charge in [0, 0.05) is 20.1 Å². The third-order valence-electron chi connectivity index (χ3n) is 3.48. The van der Waals surface area contributed by atoms with Crippen LogP contribution in [-0.2, 0) is 9.59 Å². The Kier molecular flexibility index (Phi) is 4.59. The molecule has 1 rings (SSSR count). The van der Waals surface area contributed by atoms with Gasteiger partial charge < -0.3 is 25.3 Å². The van der Waals surface area contributed by atoms with Gasteiger partial charge in [-0.05, 0) is 20.8 Å². The zero-order valence-electron chi connectivity index (χ0n) is 12.1. The lowest BCUT2D eigenvalue weighted by molar-refractivity contribution is -0.144. The van der Waals surface area contributed by atoms with Crippen LogP contribution in [0.25, 0.3) is 0 Å². The average Bonchev–Trinajstić information content (AvgIpc) is 2.32. The molecule has 0 aromatic rings. The van der Waals surface area contributed by atoms with Crippen LogP contribution < -0.4 is 5.32 Å². The van der Waals surface area contributed by atoms with E-state index in [1.165, 1.54) is 16.7 Å². The molecule has 0 radical (unpaired) electrons. The summed E-state index contributed by atoms with van der Waals surface area (Å²) < 4.78 is 0. The first-order chi connectivity index (χ1) is 9.09. The van der Waals surface area contributed by atoms with Crippen molar-refractivity contribution in [2.24, 2.45) is 0 Å².